The molecule has 1 saturated carbocycles. The summed E-state index contributed by atoms with van der Waals surface area (Å²) in [6, 6.07) is 4.12. The molecule has 2 aliphatic heterocycles. The summed E-state index contributed by atoms with van der Waals surface area (Å²) in [6.07, 6.45) is 8.00. The Labute approximate surface area is 155 Å². The van der Waals surface area contributed by atoms with Crippen LogP contribution in [0, 0.1) is 5.41 Å². The zero-order valence-electron chi connectivity index (χ0n) is 15.6. The van der Waals surface area contributed by atoms with E-state index in [1.165, 1.54) is 0 Å². The van der Waals surface area contributed by atoms with Gasteiger partial charge in [-0.15, -0.1) is 0 Å². The van der Waals surface area contributed by atoms with E-state index in [0.29, 0.717) is 11.9 Å². The first kappa shape index (κ1) is 17.6. The topological polar surface area (TPSA) is 65.9 Å². The summed E-state index contributed by atoms with van der Waals surface area (Å²) in [6.45, 7) is 2.50. The fourth-order valence-corrected chi connectivity index (χ4v) is 5.04. The minimum atomic E-state index is -0.281. The summed E-state index contributed by atoms with van der Waals surface area (Å²) in [4.78, 5) is 22.2. The first-order valence-corrected chi connectivity index (χ1v) is 9.86. The smallest absolute Gasteiger partial charge is 0.230 e. The number of piperidine rings is 1. The molecular weight excluding hydrogens is 330 g/mol. The number of hydrogen-bond acceptors (Lipinski definition) is 5. The van der Waals surface area contributed by atoms with E-state index in [1.54, 1.807) is 13.3 Å². The summed E-state index contributed by atoms with van der Waals surface area (Å²) < 4.78 is 5.48. The Balaban J connectivity index is 1.51. The van der Waals surface area contributed by atoms with Crippen LogP contribution in [0.5, 0.6) is 5.75 Å². The van der Waals surface area contributed by atoms with E-state index in [4.69, 9.17) is 4.74 Å². The van der Waals surface area contributed by atoms with Crippen LogP contribution in [-0.4, -0.2) is 59.8 Å². The molecule has 4 rings (SSSR count). The number of carbonyl (C=O) groups is 1. The summed E-state index contributed by atoms with van der Waals surface area (Å²) in [7, 11) is 1.67. The number of aliphatic hydroxyl groups is 1. The van der Waals surface area contributed by atoms with E-state index in [1.807, 2.05) is 12.1 Å². The molecule has 3 aliphatic rings. The molecule has 3 heterocycles. The highest BCUT2D eigenvalue weighted by atomic mass is 16.5. The third-order valence-corrected chi connectivity index (χ3v) is 6.50. The monoisotopic (exact) mass is 359 g/mol. The first-order valence-electron chi connectivity index (χ1n) is 9.86. The molecule has 0 bridgehead atoms. The van der Waals surface area contributed by atoms with Gasteiger partial charge >= 0.3 is 0 Å². The van der Waals surface area contributed by atoms with Crippen LogP contribution < -0.4 is 9.64 Å². The zero-order valence-corrected chi connectivity index (χ0v) is 15.6. The third kappa shape index (κ3) is 3.04. The Morgan fingerprint density at radius 1 is 1.23 bits per heavy atom. The van der Waals surface area contributed by atoms with Gasteiger partial charge in [0.05, 0.1) is 18.6 Å². The van der Waals surface area contributed by atoms with Gasteiger partial charge in [0, 0.05) is 31.9 Å². The maximum Gasteiger partial charge on any atom is 0.230 e. The predicted molar refractivity (Wildman–Crippen MR) is 99.3 cm³/mol. The van der Waals surface area contributed by atoms with Gasteiger partial charge in [0.25, 0.3) is 0 Å². The van der Waals surface area contributed by atoms with Crippen molar-refractivity contribution in [3.05, 3.63) is 18.3 Å². The molecule has 0 aromatic carbocycles. The van der Waals surface area contributed by atoms with Crippen LogP contribution in [0.15, 0.2) is 18.3 Å². The van der Waals surface area contributed by atoms with E-state index in [2.05, 4.69) is 14.8 Å². The molecule has 1 amide bonds. The number of amides is 1. The van der Waals surface area contributed by atoms with Crippen LogP contribution in [0.4, 0.5) is 5.82 Å². The van der Waals surface area contributed by atoms with E-state index >= 15 is 0 Å². The minimum Gasteiger partial charge on any atom is -0.493 e. The summed E-state index contributed by atoms with van der Waals surface area (Å²) in [5.41, 5.74) is -0.281. The Bertz CT molecular complexity index is 659. The summed E-state index contributed by atoms with van der Waals surface area (Å²) >= 11 is 0. The van der Waals surface area contributed by atoms with Crippen molar-refractivity contribution in [2.75, 3.05) is 31.6 Å². The minimum absolute atomic E-state index is 0.181. The van der Waals surface area contributed by atoms with Gasteiger partial charge in [0.1, 0.15) is 0 Å². The zero-order chi connectivity index (χ0) is 18.1. The molecule has 1 spiro atoms. The van der Waals surface area contributed by atoms with E-state index in [9.17, 15) is 9.90 Å². The predicted octanol–water partition coefficient (Wildman–Crippen LogP) is 2.21. The van der Waals surface area contributed by atoms with Crippen LogP contribution in [-0.2, 0) is 4.79 Å². The first-order chi connectivity index (χ1) is 12.6. The molecule has 0 radical (unpaired) electrons. The number of nitrogens with zero attached hydrogens (tertiary/aromatic N) is 3. The van der Waals surface area contributed by atoms with Crippen molar-refractivity contribution in [2.24, 2.45) is 5.41 Å². The molecule has 1 aromatic rings. The normalized spacial score (nSPS) is 32.3. The maximum absolute atomic E-state index is 13.4. The van der Waals surface area contributed by atoms with Gasteiger partial charge in [-0.05, 0) is 57.1 Å². The molecule has 1 atom stereocenters. The van der Waals surface area contributed by atoms with E-state index < -0.39 is 0 Å². The number of anilines is 1. The summed E-state index contributed by atoms with van der Waals surface area (Å²) in [5, 5.41) is 9.76. The lowest BCUT2D eigenvalue weighted by atomic mass is 9.78. The molecule has 1 aliphatic carbocycles. The maximum atomic E-state index is 13.4. The van der Waals surface area contributed by atoms with Crippen molar-refractivity contribution >= 4 is 11.7 Å². The van der Waals surface area contributed by atoms with Crippen molar-refractivity contribution in [3.8, 4) is 5.75 Å². The number of rotatable bonds is 3. The molecule has 6 heteroatoms. The van der Waals surface area contributed by atoms with E-state index in [0.717, 1.165) is 76.1 Å². The van der Waals surface area contributed by atoms with Crippen molar-refractivity contribution in [2.45, 2.75) is 57.1 Å². The van der Waals surface area contributed by atoms with Gasteiger partial charge in [-0.1, -0.05) is 0 Å². The molecule has 142 valence electrons. The molecule has 0 unspecified atom stereocenters. The van der Waals surface area contributed by atoms with Gasteiger partial charge in [0.15, 0.2) is 11.6 Å². The number of carbonyl (C=O) groups excluding carboxylic acids is 1. The van der Waals surface area contributed by atoms with Crippen LogP contribution in [0.2, 0.25) is 0 Å². The molecular formula is C20H29N3O3. The largest absolute Gasteiger partial charge is 0.493 e. The lowest BCUT2D eigenvalue weighted by Crippen LogP contribution is -2.50. The van der Waals surface area contributed by atoms with Crippen molar-refractivity contribution in [1.82, 2.24) is 9.88 Å². The number of methoxy groups -OCH3 is 1. The molecule has 1 N–H and O–H groups in total. The Kier molecular flexibility index (Phi) is 4.78. The lowest BCUT2D eigenvalue weighted by Gasteiger charge is -2.41. The van der Waals surface area contributed by atoms with Crippen molar-refractivity contribution in [1.29, 1.82) is 0 Å². The molecule has 1 aromatic heterocycles. The molecule has 26 heavy (non-hydrogen) atoms. The second kappa shape index (κ2) is 7.06. The molecule has 3 fully saturated rings. The summed E-state index contributed by atoms with van der Waals surface area (Å²) in [5.74, 6) is 1.94. The number of ether oxygens (including phenoxy) is 1. The highest BCUT2D eigenvalue weighted by Gasteiger charge is 2.51. The lowest BCUT2D eigenvalue weighted by molar-refractivity contribution is -0.139. The van der Waals surface area contributed by atoms with Crippen LogP contribution in [0.1, 0.15) is 44.9 Å². The highest BCUT2D eigenvalue weighted by molar-refractivity contribution is 5.86. The highest BCUT2D eigenvalue weighted by Crippen LogP contribution is 2.44. The average molecular weight is 359 g/mol. The second-order valence-corrected chi connectivity index (χ2v) is 8.05. The number of aliphatic hydroxyl groups excluding tert-OH is 1. The van der Waals surface area contributed by atoms with Gasteiger partial charge in [-0.25, -0.2) is 4.98 Å². The van der Waals surface area contributed by atoms with E-state index in [-0.39, 0.29) is 11.5 Å². The van der Waals surface area contributed by atoms with Crippen LogP contribution in [0.25, 0.3) is 0 Å². The quantitative estimate of drug-likeness (QED) is 0.896. The van der Waals surface area contributed by atoms with Crippen LogP contribution in [0.3, 0.4) is 0 Å². The number of likely N-dealkylation sites (tertiary alicyclic amines) is 1. The van der Waals surface area contributed by atoms with Gasteiger partial charge in [-0.3, -0.25) is 4.79 Å². The number of aromatic nitrogens is 1. The SMILES string of the molecule is COc1cccnc1N1CCC[C@]2(CCN(C3CCC(O)CC3)C2=O)C1. The number of hydrogen-bond donors (Lipinski definition) is 1. The Hall–Kier alpha value is -1.82. The van der Waals surface area contributed by atoms with Gasteiger partial charge in [-0.2, -0.15) is 0 Å². The Morgan fingerprint density at radius 2 is 2.04 bits per heavy atom. The molecule has 6 nitrogen and oxygen atoms in total. The fraction of sp³-hybridized carbons (Fsp3) is 0.700. The third-order valence-electron chi connectivity index (χ3n) is 6.50. The van der Waals surface area contributed by atoms with Gasteiger partial charge in [0.2, 0.25) is 5.91 Å². The average Bonchev–Trinajstić information content (AvgIpc) is 2.98. The Morgan fingerprint density at radius 3 is 2.81 bits per heavy atom. The number of pyridine rings is 1. The second-order valence-electron chi connectivity index (χ2n) is 8.05. The fourth-order valence-electron chi connectivity index (χ4n) is 5.04. The molecule has 2 saturated heterocycles. The van der Waals surface area contributed by atoms with Crippen LogP contribution >= 0.6 is 0 Å². The van der Waals surface area contributed by atoms with Crippen molar-refractivity contribution in [3.63, 3.8) is 0 Å². The van der Waals surface area contributed by atoms with Gasteiger partial charge < -0.3 is 19.6 Å². The van der Waals surface area contributed by atoms with Crippen molar-refractivity contribution < 1.29 is 14.6 Å². The standard InChI is InChI=1S/C20H29N3O3/c1-26-17-4-2-11-21-18(17)22-12-3-9-20(14-22)10-13-23(19(20)25)15-5-7-16(24)8-6-15/h2,4,11,15-16,24H,3,5-10,12-14H2,1H3/t15?,16?,20-/m0/s1.